The number of alkyl halides is 1. The molecule has 3 fully saturated rings. The van der Waals surface area contributed by atoms with Crippen molar-refractivity contribution in [3.8, 4) is 0 Å². The lowest BCUT2D eigenvalue weighted by Crippen LogP contribution is -2.64. The van der Waals surface area contributed by atoms with E-state index >= 15 is 0 Å². The zero-order valence-corrected chi connectivity index (χ0v) is 10.7. The fraction of sp³-hybridized carbons (Fsp3) is 0.923. The smallest absolute Gasteiger partial charge is 0.229 e. The monoisotopic (exact) mass is 240 g/mol. The van der Waals surface area contributed by atoms with Crippen molar-refractivity contribution in [1.82, 2.24) is 9.80 Å². The Morgan fingerprint density at radius 3 is 2.41 bits per heavy atom. The van der Waals surface area contributed by atoms with Gasteiger partial charge in [-0.1, -0.05) is 0 Å². The van der Waals surface area contributed by atoms with E-state index < -0.39 is 6.17 Å². The number of carbonyl (C=O) groups excluding carboxylic acids is 1. The zero-order chi connectivity index (χ0) is 12.2. The largest absolute Gasteiger partial charge is 0.335 e. The van der Waals surface area contributed by atoms with Gasteiger partial charge < -0.3 is 4.90 Å². The molecule has 1 aliphatic carbocycles. The van der Waals surface area contributed by atoms with Crippen molar-refractivity contribution in [2.24, 2.45) is 5.92 Å². The third-order valence-electron chi connectivity index (χ3n) is 4.76. The van der Waals surface area contributed by atoms with E-state index in [1.165, 1.54) is 0 Å². The lowest BCUT2D eigenvalue weighted by Gasteiger charge is -2.51. The summed E-state index contributed by atoms with van der Waals surface area (Å²) in [6, 6.07) is 0.543. The van der Waals surface area contributed by atoms with Gasteiger partial charge in [0.05, 0.1) is 11.5 Å². The molecule has 3 unspecified atom stereocenters. The summed E-state index contributed by atoms with van der Waals surface area (Å²) in [5, 5.41) is 0. The van der Waals surface area contributed by atoms with Crippen LogP contribution in [0.1, 0.15) is 33.1 Å². The van der Waals surface area contributed by atoms with Gasteiger partial charge >= 0.3 is 0 Å². The van der Waals surface area contributed by atoms with Gasteiger partial charge in [-0.2, -0.15) is 0 Å². The van der Waals surface area contributed by atoms with Crippen molar-refractivity contribution in [2.45, 2.75) is 50.9 Å². The quantitative estimate of drug-likeness (QED) is 0.729. The average Bonchev–Trinajstić information content (AvgIpc) is 2.81. The lowest BCUT2D eigenvalue weighted by molar-refractivity contribution is -0.148. The number of nitrogens with zero attached hydrogens (tertiary/aromatic N) is 2. The second-order valence-corrected chi connectivity index (χ2v) is 6.14. The van der Waals surface area contributed by atoms with Crippen molar-refractivity contribution in [2.75, 3.05) is 19.6 Å². The highest BCUT2D eigenvalue weighted by Crippen LogP contribution is 2.44. The summed E-state index contributed by atoms with van der Waals surface area (Å²) < 4.78 is 13.0. The molecule has 1 saturated carbocycles. The number of hydrogen-bond donors (Lipinski definition) is 0. The molecule has 3 nitrogen and oxygen atoms in total. The molecule has 0 N–H and O–H groups in total. The van der Waals surface area contributed by atoms with Crippen LogP contribution in [-0.4, -0.2) is 53.1 Å². The molecule has 0 aromatic heterocycles. The van der Waals surface area contributed by atoms with E-state index in [0.717, 1.165) is 32.5 Å². The number of hydrogen-bond acceptors (Lipinski definition) is 2. The summed E-state index contributed by atoms with van der Waals surface area (Å²) >= 11 is 0. The first-order chi connectivity index (χ1) is 8.03. The molecule has 3 rings (SSSR count). The van der Waals surface area contributed by atoms with Gasteiger partial charge in [-0.3, -0.25) is 9.69 Å². The summed E-state index contributed by atoms with van der Waals surface area (Å²) in [5.41, 5.74) is 0.0592. The Hall–Kier alpha value is -0.640. The maximum absolute atomic E-state index is 13.0. The third kappa shape index (κ3) is 1.68. The fourth-order valence-electron chi connectivity index (χ4n) is 3.26. The van der Waals surface area contributed by atoms with Crippen LogP contribution in [-0.2, 0) is 4.79 Å². The van der Waals surface area contributed by atoms with Gasteiger partial charge in [-0.25, -0.2) is 4.39 Å². The summed E-state index contributed by atoms with van der Waals surface area (Å²) in [7, 11) is 0. The molecular weight excluding hydrogens is 219 g/mol. The van der Waals surface area contributed by atoms with Crippen LogP contribution in [0, 0.1) is 5.92 Å². The standard InChI is InChI=1S/C13H21FN2O/c1-9(2)15-5-3-13(8-15)4-6-16(13)12(17)10-7-11(10)14/h9-11H,3-8H2,1-2H3. The van der Waals surface area contributed by atoms with E-state index in [4.69, 9.17) is 0 Å². The highest BCUT2D eigenvalue weighted by molar-refractivity contribution is 5.83. The van der Waals surface area contributed by atoms with Gasteiger partial charge in [0.15, 0.2) is 0 Å². The molecule has 4 heteroatoms. The van der Waals surface area contributed by atoms with Crippen LogP contribution >= 0.6 is 0 Å². The van der Waals surface area contributed by atoms with E-state index in [1.807, 2.05) is 4.90 Å². The molecule has 0 bridgehead atoms. The Bertz CT molecular complexity index is 346. The highest BCUT2D eigenvalue weighted by atomic mass is 19.1. The molecule has 2 heterocycles. The minimum absolute atomic E-state index is 0.0592. The number of likely N-dealkylation sites (tertiary alicyclic amines) is 2. The van der Waals surface area contributed by atoms with Crippen LogP contribution < -0.4 is 0 Å². The fourth-order valence-corrected chi connectivity index (χ4v) is 3.26. The minimum Gasteiger partial charge on any atom is -0.335 e. The first-order valence-electron chi connectivity index (χ1n) is 6.73. The molecule has 3 atom stereocenters. The van der Waals surface area contributed by atoms with Gasteiger partial charge in [0.1, 0.15) is 6.17 Å². The first-order valence-corrected chi connectivity index (χ1v) is 6.73. The van der Waals surface area contributed by atoms with Gasteiger partial charge in [0.2, 0.25) is 5.91 Å². The zero-order valence-electron chi connectivity index (χ0n) is 10.7. The Morgan fingerprint density at radius 1 is 1.35 bits per heavy atom. The Labute approximate surface area is 102 Å². The highest BCUT2D eigenvalue weighted by Gasteiger charge is 2.56. The second-order valence-electron chi connectivity index (χ2n) is 6.14. The first kappa shape index (κ1) is 11.5. The maximum atomic E-state index is 13.0. The molecule has 2 aliphatic heterocycles. The van der Waals surface area contributed by atoms with Gasteiger partial charge in [-0.15, -0.1) is 0 Å². The second kappa shape index (κ2) is 3.67. The number of carbonyl (C=O) groups is 1. The predicted octanol–water partition coefficient (Wildman–Crippen LogP) is 1.43. The minimum atomic E-state index is -0.859. The SMILES string of the molecule is CC(C)N1CCC2(CCN2C(=O)C2CC2F)C1. The van der Waals surface area contributed by atoms with E-state index in [1.54, 1.807) is 0 Å². The molecule has 1 spiro atoms. The van der Waals surface area contributed by atoms with Crippen LogP contribution in [0.4, 0.5) is 4.39 Å². The molecule has 96 valence electrons. The van der Waals surface area contributed by atoms with E-state index in [0.29, 0.717) is 12.5 Å². The van der Waals surface area contributed by atoms with Crippen LogP contribution in [0.5, 0.6) is 0 Å². The lowest BCUT2D eigenvalue weighted by atomic mass is 9.83. The normalized spacial score (nSPS) is 41.1. The topological polar surface area (TPSA) is 23.6 Å². The third-order valence-corrected chi connectivity index (χ3v) is 4.76. The van der Waals surface area contributed by atoms with Crippen molar-refractivity contribution < 1.29 is 9.18 Å². The van der Waals surface area contributed by atoms with E-state index in [9.17, 15) is 9.18 Å². The van der Waals surface area contributed by atoms with Crippen molar-refractivity contribution in [3.63, 3.8) is 0 Å². The molecule has 3 aliphatic rings. The summed E-state index contributed by atoms with van der Waals surface area (Å²) in [4.78, 5) is 16.5. The van der Waals surface area contributed by atoms with Gasteiger partial charge in [-0.05, 0) is 33.1 Å². The van der Waals surface area contributed by atoms with E-state index in [2.05, 4.69) is 18.7 Å². The predicted molar refractivity (Wildman–Crippen MR) is 63.4 cm³/mol. The van der Waals surface area contributed by atoms with Gasteiger partial charge in [0.25, 0.3) is 0 Å². The maximum Gasteiger partial charge on any atom is 0.229 e. The summed E-state index contributed by atoms with van der Waals surface area (Å²) in [6.45, 7) is 7.30. The Kier molecular flexibility index (Phi) is 2.47. The number of rotatable bonds is 2. The molecule has 1 amide bonds. The molecule has 2 saturated heterocycles. The van der Waals surface area contributed by atoms with Crippen LogP contribution in [0.2, 0.25) is 0 Å². The Morgan fingerprint density at radius 2 is 2.00 bits per heavy atom. The summed E-state index contributed by atoms with van der Waals surface area (Å²) in [6.07, 6.45) is 1.77. The number of amides is 1. The van der Waals surface area contributed by atoms with Crippen molar-refractivity contribution in [3.05, 3.63) is 0 Å². The number of halogens is 1. The molecule has 17 heavy (non-hydrogen) atoms. The van der Waals surface area contributed by atoms with Crippen LogP contribution in [0.15, 0.2) is 0 Å². The van der Waals surface area contributed by atoms with Crippen molar-refractivity contribution >= 4 is 5.91 Å². The average molecular weight is 240 g/mol. The van der Waals surface area contributed by atoms with Crippen LogP contribution in [0.25, 0.3) is 0 Å². The molecule has 0 aromatic carbocycles. The summed E-state index contributed by atoms with van der Waals surface area (Å²) in [5.74, 6) is -0.227. The molecule has 0 radical (unpaired) electrons. The molecule has 0 aromatic rings. The van der Waals surface area contributed by atoms with Crippen LogP contribution in [0.3, 0.4) is 0 Å². The molecular formula is C13H21FN2O. The Balaban J connectivity index is 1.67. The van der Waals surface area contributed by atoms with Crippen molar-refractivity contribution in [1.29, 1.82) is 0 Å². The van der Waals surface area contributed by atoms with Gasteiger partial charge in [0, 0.05) is 25.7 Å². The van der Waals surface area contributed by atoms with E-state index in [-0.39, 0.29) is 17.4 Å².